The monoisotopic (exact) mass is 338 g/mol. The van der Waals surface area contributed by atoms with E-state index in [0.717, 1.165) is 19.3 Å². The van der Waals surface area contributed by atoms with Gasteiger partial charge in [0.05, 0.1) is 0 Å². The third kappa shape index (κ3) is 4.31. The molecule has 1 aliphatic carbocycles. The van der Waals surface area contributed by atoms with E-state index in [2.05, 4.69) is 6.92 Å². The maximum Gasteiger partial charge on any atom is 0.349 e. The van der Waals surface area contributed by atoms with E-state index in [9.17, 15) is 14.4 Å². The predicted octanol–water partition coefficient (Wildman–Crippen LogP) is 2.25. The molecule has 0 bridgehead atoms. The van der Waals surface area contributed by atoms with Crippen molar-refractivity contribution in [2.75, 3.05) is 0 Å². The number of rotatable bonds is 4. The number of ether oxygens (including phenoxy) is 1. The van der Waals surface area contributed by atoms with Gasteiger partial charge in [-0.25, -0.2) is 9.59 Å². The van der Waals surface area contributed by atoms with Crippen molar-refractivity contribution in [1.29, 1.82) is 0 Å². The fraction of sp³-hybridized carbons (Fsp3) is 0.562. The second kappa shape index (κ2) is 7.12. The van der Waals surface area contributed by atoms with Crippen LogP contribution in [0.3, 0.4) is 0 Å². The van der Waals surface area contributed by atoms with Crippen LogP contribution in [-0.4, -0.2) is 24.0 Å². The lowest BCUT2D eigenvalue weighted by Gasteiger charge is -2.19. The third-order valence-electron chi connectivity index (χ3n) is 3.87. The number of thiophene rings is 1. The van der Waals surface area contributed by atoms with Gasteiger partial charge in [-0.3, -0.25) is 10.1 Å². The molecule has 2 rings (SSSR count). The van der Waals surface area contributed by atoms with Gasteiger partial charge in [-0.05, 0) is 42.7 Å². The molecule has 0 fully saturated rings. The zero-order valence-electron chi connectivity index (χ0n) is 13.5. The number of imide groups is 1. The third-order valence-corrected chi connectivity index (χ3v) is 5.09. The number of urea groups is 1. The quantitative estimate of drug-likeness (QED) is 0.823. The van der Waals surface area contributed by atoms with Gasteiger partial charge < -0.3 is 10.5 Å². The maximum absolute atomic E-state index is 12.3. The van der Waals surface area contributed by atoms with Crippen LogP contribution in [0.15, 0.2) is 6.07 Å². The van der Waals surface area contributed by atoms with E-state index in [1.54, 1.807) is 13.8 Å². The highest BCUT2D eigenvalue weighted by Crippen LogP contribution is 2.32. The molecule has 0 radical (unpaired) electrons. The van der Waals surface area contributed by atoms with Gasteiger partial charge in [-0.15, -0.1) is 11.3 Å². The highest BCUT2D eigenvalue weighted by atomic mass is 32.1. The smallest absolute Gasteiger partial charge is 0.349 e. The van der Waals surface area contributed by atoms with Crippen LogP contribution in [-0.2, 0) is 22.4 Å². The number of primary amides is 1. The topological polar surface area (TPSA) is 98.5 Å². The molecule has 3 N–H and O–H groups in total. The number of amides is 3. The van der Waals surface area contributed by atoms with Crippen LogP contribution in [0.1, 0.15) is 47.3 Å². The Bertz CT molecular complexity index is 624. The summed E-state index contributed by atoms with van der Waals surface area (Å²) in [6, 6.07) is 0.902. The summed E-state index contributed by atoms with van der Waals surface area (Å²) in [5.41, 5.74) is 6.14. The number of hydrogen-bond donors (Lipinski definition) is 2. The summed E-state index contributed by atoms with van der Waals surface area (Å²) < 4.78 is 5.32. The SMILES string of the molecule is CC(C)[C@H](OC(=O)c1cc2c(s1)CC[C@@H](C)C2)C(=O)NC(N)=O. The van der Waals surface area contributed by atoms with Crippen LogP contribution in [0.2, 0.25) is 0 Å². The van der Waals surface area contributed by atoms with Crippen molar-refractivity contribution in [1.82, 2.24) is 5.32 Å². The van der Waals surface area contributed by atoms with Crippen LogP contribution in [0.4, 0.5) is 4.79 Å². The molecule has 126 valence electrons. The molecule has 0 aliphatic heterocycles. The molecule has 1 aromatic rings. The van der Waals surface area contributed by atoms with E-state index in [4.69, 9.17) is 10.5 Å². The summed E-state index contributed by atoms with van der Waals surface area (Å²) in [5.74, 6) is -0.884. The first-order chi connectivity index (χ1) is 10.8. The van der Waals surface area contributed by atoms with Gasteiger partial charge in [-0.1, -0.05) is 20.8 Å². The van der Waals surface area contributed by atoms with Gasteiger partial charge in [-0.2, -0.15) is 0 Å². The number of aryl methyl sites for hydroxylation is 1. The number of esters is 1. The van der Waals surface area contributed by atoms with Crippen LogP contribution in [0.25, 0.3) is 0 Å². The van der Waals surface area contributed by atoms with E-state index >= 15 is 0 Å². The van der Waals surface area contributed by atoms with Crippen LogP contribution in [0.5, 0.6) is 0 Å². The molecule has 1 heterocycles. The lowest BCUT2D eigenvalue weighted by molar-refractivity contribution is -0.130. The summed E-state index contributed by atoms with van der Waals surface area (Å²) >= 11 is 1.43. The van der Waals surface area contributed by atoms with Crippen molar-refractivity contribution >= 4 is 29.2 Å². The maximum atomic E-state index is 12.3. The summed E-state index contributed by atoms with van der Waals surface area (Å²) in [6.07, 6.45) is 2.02. The Morgan fingerprint density at radius 2 is 2.09 bits per heavy atom. The van der Waals surface area contributed by atoms with Crippen molar-refractivity contribution in [2.45, 2.75) is 46.1 Å². The first kappa shape index (κ1) is 17.5. The van der Waals surface area contributed by atoms with E-state index < -0.39 is 24.0 Å². The predicted molar refractivity (Wildman–Crippen MR) is 87.3 cm³/mol. The van der Waals surface area contributed by atoms with Crippen molar-refractivity contribution in [3.8, 4) is 0 Å². The Kier molecular flexibility index (Phi) is 5.41. The van der Waals surface area contributed by atoms with Crippen LogP contribution < -0.4 is 11.1 Å². The molecular weight excluding hydrogens is 316 g/mol. The number of hydrogen-bond acceptors (Lipinski definition) is 5. The van der Waals surface area contributed by atoms with Crippen molar-refractivity contribution in [3.63, 3.8) is 0 Å². The molecule has 0 saturated carbocycles. The average Bonchev–Trinajstić information content (AvgIpc) is 2.86. The lowest BCUT2D eigenvalue weighted by atomic mass is 9.90. The molecule has 0 aromatic carbocycles. The minimum absolute atomic E-state index is 0.270. The summed E-state index contributed by atoms with van der Waals surface area (Å²) in [6.45, 7) is 5.67. The summed E-state index contributed by atoms with van der Waals surface area (Å²) in [7, 11) is 0. The standard InChI is InChI=1S/C16H22N2O4S/c1-8(2)13(14(19)18-16(17)21)22-15(20)12-7-10-6-9(3)4-5-11(10)23-12/h7-9,13H,4-6H2,1-3H3,(H3,17,18,19,21)/t9-,13+/m1/s1. The number of fused-ring (bicyclic) bond motifs is 1. The van der Waals surface area contributed by atoms with Gasteiger partial charge in [0, 0.05) is 4.88 Å². The molecule has 7 heteroatoms. The average molecular weight is 338 g/mol. The highest BCUT2D eigenvalue weighted by Gasteiger charge is 2.29. The molecule has 0 saturated heterocycles. The molecule has 2 atom stereocenters. The molecule has 1 aromatic heterocycles. The number of nitrogens with two attached hydrogens (primary N) is 1. The Morgan fingerprint density at radius 3 is 2.70 bits per heavy atom. The Morgan fingerprint density at radius 1 is 1.39 bits per heavy atom. The number of carbonyl (C=O) groups is 3. The Balaban J connectivity index is 2.10. The zero-order chi connectivity index (χ0) is 17.1. The van der Waals surface area contributed by atoms with E-state index in [0.29, 0.717) is 10.8 Å². The molecule has 1 aliphatic rings. The Labute approximate surface area is 139 Å². The fourth-order valence-corrected chi connectivity index (χ4v) is 3.76. The van der Waals surface area contributed by atoms with Gasteiger partial charge >= 0.3 is 12.0 Å². The minimum Gasteiger partial charge on any atom is -0.448 e. The molecule has 6 nitrogen and oxygen atoms in total. The number of carbonyl (C=O) groups excluding carboxylic acids is 3. The van der Waals surface area contributed by atoms with Crippen molar-refractivity contribution in [2.24, 2.45) is 17.6 Å². The molecule has 23 heavy (non-hydrogen) atoms. The normalized spacial score (nSPS) is 18.2. The molecule has 0 unspecified atom stereocenters. The largest absolute Gasteiger partial charge is 0.448 e. The van der Waals surface area contributed by atoms with E-state index in [1.165, 1.54) is 21.8 Å². The zero-order valence-corrected chi connectivity index (χ0v) is 14.4. The van der Waals surface area contributed by atoms with Crippen LogP contribution in [0, 0.1) is 11.8 Å². The van der Waals surface area contributed by atoms with Gasteiger partial charge in [0.1, 0.15) is 4.88 Å². The molecular formula is C16H22N2O4S. The summed E-state index contributed by atoms with van der Waals surface area (Å²) in [4.78, 5) is 36.8. The van der Waals surface area contributed by atoms with Gasteiger partial charge in [0.25, 0.3) is 5.91 Å². The van der Waals surface area contributed by atoms with Gasteiger partial charge in [0.2, 0.25) is 0 Å². The van der Waals surface area contributed by atoms with Crippen LogP contribution >= 0.6 is 11.3 Å². The van der Waals surface area contributed by atoms with E-state index in [-0.39, 0.29) is 5.92 Å². The van der Waals surface area contributed by atoms with E-state index in [1.807, 2.05) is 11.4 Å². The number of nitrogens with one attached hydrogen (secondary N) is 1. The fourth-order valence-electron chi connectivity index (χ4n) is 2.66. The Hall–Kier alpha value is -1.89. The first-order valence-electron chi connectivity index (χ1n) is 7.70. The van der Waals surface area contributed by atoms with Gasteiger partial charge in [0.15, 0.2) is 6.10 Å². The highest BCUT2D eigenvalue weighted by molar-refractivity contribution is 7.14. The summed E-state index contributed by atoms with van der Waals surface area (Å²) in [5, 5.41) is 1.96. The van der Waals surface area contributed by atoms with Crippen molar-refractivity contribution in [3.05, 3.63) is 21.4 Å². The minimum atomic E-state index is -1.05. The second-order valence-corrected chi connectivity index (χ2v) is 7.47. The first-order valence-corrected chi connectivity index (χ1v) is 8.52. The molecule has 0 spiro atoms. The molecule has 3 amide bonds. The lowest BCUT2D eigenvalue weighted by Crippen LogP contribution is -2.45. The second-order valence-electron chi connectivity index (χ2n) is 6.33. The van der Waals surface area contributed by atoms with Crippen molar-refractivity contribution < 1.29 is 19.1 Å².